The van der Waals surface area contributed by atoms with Crippen molar-refractivity contribution in [2.45, 2.75) is 48.8 Å². The topological polar surface area (TPSA) is 118 Å². The van der Waals surface area contributed by atoms with Crippen LogP contribution in [0.25, 0.3) is 0 Å². The molecule has 0 spiro atoms. The van der Waals surface area contributed by atoms with Crippen molar-refractivity contribution in [1.82, 2.24) is 15.0 Å². The van der Waals surface area contributed by atoms with Gasteiger partial charge in [-0.15, -0.1) is 0 Å². The van der Waals surface area contributed by atoms with Crippen LogP contribution in [0.4, 0.5) is 0 Å². The van der Waals surface area contributed by atoms with Gasteiger partial charge in [-0.3, -0.25) is 9.78 Å². The lowest BCUT2D eigenvalue weighted by molar-refractivity contribution is -0.121. The van der Waals surface area contributed by atoms with E-state index in [9.17, 15) is 18.3 Å². The molecule has 10 heteroatoms. The third-order valence-corrected chi connectivity index (χ3v) is 7.12. The van der Waals surface area contributed by atoms with Crippen LogP contribution in [0.1, 0.15) is 24.8 Å². The quantitative estimate of drug-likeness (QED) is 0.516. The van der Waals surface area contributed by atoms with Gasteiger partial charge in [-0.05, 0) is 49.1 Å². The number of carbonyl (C=O) groups excluding carboxylic acids is 1. The van der Waals surface area contributed by atoms with Crippen molar-refractivity contribution >= 4 is 27.5 Å². The maximum absolute atomic E-state index is 12.7. The molecule has 31 heavy (non-hydrogen) atoms. The van der Waals surface area contributed by atoms with Crippen molar-refractivity contribution in [3.63, 3.8) is 0 Å². The molecule has 3 N–H and O–H groups in total. The van der Waals surface area contributed by atoms with Crippen LogP contribution in [0.5, 0.6) is 0 Å². The molecule has 2 aromatic rings. The summed E-state index contributed by atoms with van der Waals surface area (Å²) in [5.74, 6) is -0.0916. The number of pyridine rings is 1. The summed E-state index contributed by atoms with van der Waals surface area (Å²) in [6, 6.07) is 9.21. The summed E-state index contributed by atoms with van der Waals surface area (Å²) in [4.78, 5) is 16.0. The Balaban J connectivity index is 1.48. The van der Waals surface area contributed by atoms with Gasteiger partial charge in [0.15, 0.2) is 0 Å². The number of halogens is 1. The average Bonchev–Trinajstić information content (AvgIpc) is 2.75. The Morgan fingerprint density at radius 1 is 1.19 bits per heavy atom. The summed E-state index contributed by atoms with van der Waals surface area (Å²) in [5, 5.41) is 12.7. The van der Waals surface area contributed by atoms with Gasteiger partial charge in [-0.25, -0.2) is 13.1 Å². The first-order valence-electron chi connectivity index (χ1n) is 10.1. The minimum atomic E-state index is -3.84. The Labute approximate surface area is 187 Å². The lowest BCUT2D eigenvalue weighted by Gasteiger charge is -2.36. The van der Waals surface area contributed by atoms with Gasteiger partial charge in [-0.1, -0.05) is 23.7 Å². The van der Waals surface area contributed by atoms with E-state index in [2.05, 4.69) is 15.0 Å². The molecule has 0 saturated carbocycles. The van der Waals surface area contributed by atoms with Crippen LogP contribution >= 0.6 is 11.6 Å². The molecule has 1 saturated heterocycles. The van der Waals surface area contributed by atoms with Crippen LogP contribution in [0.3, 0.4) is 0 Å². The molecule has 8 nitrogen and oxygen atoms in total. The number of amides is 1. The van der Waals surface area contributed by atoms with E-state index in [0.29, 0.717) is 25.8 Å². The number of ether oxygens (including phenoxy) is 1. The summed E-state index contributed by atoms with van der Waals surface area (Å²) in [6.07, 6.45) is 4.38. The first kappa shape index (κ1) is 23.6. The second kappa shape index (κ2) is 11.0. The SMILES string of the molecule is O=C(Cc1ccncc1)NCC[C@@H]1CC[C@H](NS(=O)(=O)c2ccccc2Cl)[C@H](CO)O1. The van der Waals surface area contributed by atoms with Crippen molar-refractivity contribution in [2.24, 2.45) is 0 Å². The van der Waals surface area contributed by atoms with Gasteiger partial charge in [-0.2, -0.15) is 0 Å². The molecule has 1 aliphatic heterocycles. The number of carbonyl (C=O) groups is 1. The molecule has 1 aliphatic rings. The highest BCUT2D eigenvalue weighted by molar-refractivity contribution is 7.89. The molecule has 1 aromatic carbocycles. The fraction of sp³-hybridized carbons (Fsp3) is 0.429. The average molecular weight is 468 g/mol. The van der Waals surface area contributed by atoms with Gasteiger partial charge in [0, 0.05) is 18.9 Å². The number of hydrogen-bond acceptors (Lipinski definition) is 6. The Kier molecular flexibility index (Phi) is 8.39. The van der Waals surface area contributed by atoms with E-state index in [0.717, 1.165) is 5.56 Å². The number of nitrogens with one attached hydrogen (secondary N) is 2. The smallest absolute Gasteiger partial charge is 0.242 e. The van der Waals surface area contributed by atoms with Crippen LogP contribution in [0, 0.1) is 0 Å². The molecule has 1 amide bonds. The molecule has 3 atom stereocenters. The number of hydrogen-bond donors (Lipinski definition) is 3. The first-order chi connectivity index (χ1) is 14.9. The van der Waals surface area contributed by atoms with Crippen LogP contribution in [0.15, 0.2) is 53.7 Å². The maximum atomic E-state index is 12.7. The molecule has 168 valence electrons. The molecule has 0 radical (unpaired) electrons. The Bertz CT molecular complexity index is 974. The van der Waals surface area contributed by atoms with Gasteiger partial charge < -0.3 is 15.2 Å². The number of benzene rings is 1. The van der Waals surface area contributed by atoms with Crippen LogP contribution < -0.4 is 10.0 Å². The first-order valence-corrected chi connectivity index (χ1v) is 11.9. The normalized spacial score (nSPS) is 21.5. The maximum Gasteiger partial charge on any atom is 0.242 e. The number of rotatable bonds is 9. The molecule has 0 unspecified atom stereocenters. The third-order valence-electron chi connectivity index (χ3n) is 5.13. The molecular formula is C21H26ClN3O5S. The molecular weight excluding hydrogens is 442 g/mol. The largest absolute Gasteiger partial charge is 0.394 e. The van der Waals surface area contributed by atoms with E-state index in [-0.39, 0.29) is 35.0 Å². The highest BCUT2D eigenvalue weighted by atomic mass is 35.5. The van der Waals surface area contributed by atoms with Crippen LogP contribution in [0.2, 0.25) is 5.02 Å². The second-order valence-corrected chi connectivity index (χ2v) is 9.48. The molecule has 0 aliphatic carbocycles. The summed E-state index contributed by atoms with van der Waals surface area (Å²) < 4.78 is 33.8. The molecule has 3 rings (SSSR count). The Hall–Kier alpha value is -2.04. The van der Waals surface area contributed by atoms with E-state index in [1.807, 2.05) is 0 Å². The third kappa shape index (κ3) is 6.72. The minimum Gasteiger partial charge on any atom is -0.394 e. The number of aliphatic hydroxyl groups excluding tert-OH is 1. The van der Waals surface area contributed by atoms with Gasteiger partial charge in [0.05, 0.1) is 36.3 Å². The summed E-state index contributed by atoms with van der Waals surface area (Å²) in [5.41, 5.74) is 0.885. The predicted molar refractivity (Wildman–Crippen MR) is 116 cm³/mol. The van der Waals surface area contributed by atoms with Crippen molar-refractivity contribution in [2.75, 3.05) is 13.2 Å². The van der Waals surface area contributed by atoms with E-state index < -0.39 is 22.2 Å². The van der Waals surface area contributed by atoms with E-state index >= 15 is 0 Å². The number of aromatic nitrogens is 1. The van der Waals surface area contributed by atoms with E-state index in [4.69, 9.17) is 16.3 Å². The van der Waals surface area contributed by atoms with Crippen molar-refractivity contribution in [3.8, 4) is 0 Å². The zero-order valence-corrected chi connectivity index (χ0v) is 18.5. The fourth-order valence-corrected chi connectivity index (χ4v) is 5.34. The van der Waals surface area contributed by atoms with E-state index in [1.165, 1.54) is 12.1 Å². The monoisotopic (exact) mass is 467 g/mol. The van der Waals surface area contributed by atoms with Gasteiger partial charge >= 0.3 is 0 Å². The second-order valence-electron chi connectivity index (χ2n) is 7.39. The number of nitrogens with zero attached hydrogens (tertiary/aromatic N) is 1. The van der Waals surface area contributed by atoms with Crippen LogP contribution in [-0.4, -0.2) is 55.8 Å². The highest BCUT2D eigenvalue weighted by Gasteiger charge is 2.34. The summed E-state index contributed by atoms with van der Waals surface area (Å²) >= 11 is 6.02. The standard InChI is InChI=1S/C21H26ClN3O5S/c22-17-3-1-2-4-20(17)31(28,29)25-18-6-5-16(30-19(18)14-26)9-12-24-21(27)13-15-7-10-23-11-8-15/h1-4,7-8,10-11,16,18-19,25-26H,5-6,9,12-14H2,(H,24,27)/t16-,18-,19-/m0/s1. The predicted octanol–water partition coefficient (Wildman–Crippen LogP) is 1.67. The molecule has 0 bridgehead atoms. The summed E-state index contributed by atoms with van der Waals surface area (Å²) in [6.45, 7) is 0.114. The zero-order chi connectivity index (χ0) is 22.3. The Morgan fingerprint density at radius 2 is 1.94 bits per heavy atom. The van der Waals surface area contributed by atoms with Crippen molar-refractivity contribution in [1.29, 1.82) is 0 Å². The van der Waals surface area contributed by atoms with Crippen molar-refractivity contribution in [3.05, 3.63) is 59.4 Å². The molecule has 1 aromatic heterocycles. The van der Waals surface area contributed by atoms with Crippen molar-refractivity contribution < 1.29 is 23.1 Å². The number of aliphatic hydroxyl groups is 1. The van der Waals surface area contributed by atoms with Gasteiger partial charge in [0.1, 0.15) is 4.90 Å². The van der Waals surface area contributed by atoms with Gasteiger partial charge in [0.25, 0.3) is 0 Å². The Morgan fingerprint density at radius 3 is 2.65 bits per heavy atom. The van der Waals surface area contributed by atoms with E-state index in [1.54, 1.807) is 36.7 Å². The summed E-state index contributed by atoms with van der Waals surface area (Å²) in [7, 11) is -3.84. The fourth-order valence-electron chi connectivity index (χ4n) is 3.53. The van der Waals surface area contributed by atoms with Gasteiger partial charge in [0.2, 0.25) is 15.9 Å². The zero-order valence-electron chi connectivity index (χ0n) is 16.9. The lowest BCUT2D eigenvalue weighted by Crippen LogP contribution is -2.51. The number of sulfonamides is 1. The molecule has 2 heterocycles. The minimum absolute atomic E-state index is 0.00705. The van der Waals surface area contributed by atoms with Crippen LogP contribution in [-0.2, 0) is 26.0 Å². The highest BCUT2D eigenvalue weighted by Crippen LogP contribution is 2.25. The molecule has 1 fully saturated rings. The lowest BCUT2D eigenvalue weighted by atomic mass is 9.98.